The van der Waals surface area contributed by atoms with Crippen molar-refractivity contribution >= 4 is 11.6 Å². The van der Waals surface area contributed by atoms with Crippen LogP contribution < -0.4 is 11.2 Å². The highest BCUT2D eigenvalue weighted by Gasteiger charge is 2.14. The SMILES string of the molecule is CCCc1c(Cl)[nH]c(=O)n(-c2cc(C)ccc2C)c1=O. The molecule has 0 saturated heterocycles. The number of nitrogens with one attached hydrogen (secondary N) is 1. The monoisotopic (exact) mass is 292 g/mol. The number of aromatic nitrogens is 2. The minimum atomic E-state index is -0.506. The van der Waals surface area contributed by atoms with Crippen LogP contribution in [0.5, 0.6) is 0 Å². The average molecular weight is 293 g/mol. The molecule has 2 rings (SSSR count). The number of hydrogen-bond donors (Lipinski definition) is 1. The zero-order valence-corrected chi connectivity index (χ0v) is 12.5. The highest BCUT2D eigenvalue weighted by atomic mass is 35.5. The summed E-state index contributed by atoms with van der Waals surface area (Å²) in [5.74, 6) is 0. The summed E-state index contributed by atoms with van der Waals surface area (Å²) < 4.78 is 1.17. The maximum Gasteiger partial charge on any atom is 0.334 e. The van der Waals surface area contributed by atoms with Crippen LogP contribution in [-0.4, -0.2) is 9.55 Å². The Morgan fingerprint density at radius 1 is 1.25 bits per heavy atom. The summed E-state index contributed by atoms with van der Waals surface area (Å²) >= 11 is 5.98. The van der Waals surface area contributed by atoms with Crippen LogP contribution in [0.4, 0.5) is 0 Å². The van der Waals surface area contributed by atoms with Crippen molar-refractivity contribution in [1.82, 2.24) is 9.55 Å². The highest BCUT2D eigenvalue weighted by molar-refractivity contribution is 6.30. The average Bonchev–Trinajstić information content (AvgIpc) is 2.38. The van der Waals surface area contributed by atoms with Gasteiger partial charge in [-0.1, -0.05) is 37.1 Å². The number of H-pyrrole nitrogens is 1. The lowest BCUT2D eigenvalue weighted by atomic mass is 10.1. The molecule has 1 N–H and O–H groups in total. The molecule has 0 saturated carbocycles. The van der Waals surface area contributed by atoms with Crippen molar-refractivity contribution in [1.29, 1.82) is 0 Å². The molecule has 0 aliphatic heterocycles. The molecule has 0 aliphatic carbocycles. The van der Waals surface area contributed by atoms with Crippen LogP contribution in [-0.2, 0) is 6.42 Å². The first-order chi connectivity index (χ1) is 9.45. The maximum absolute atomic E-state index is 12.5. The smallest absolute Gasteiger partial charge is 0.297 e. The van der Waals surface area contributed by atoms with Crippen molar-refractivity contribution in [2.75, 3.05) is 0 Å². The topological polar surface area (TPSA) is 54.9 Å². The molecule has 0 amide bonds. The summed E-state index contributed by atoms with van der Waals surface area (Å²) in [6.45, 7) is 5.75. The third-order valence-corrected chi connectivity index (χ3v) is 3.57. The maximum atomic E-state index is 12.5. The van der Waals surface area contributed by atoms with Gasteiger partial charge >= 0.3 is 5.69 Å². The fraction of sp³-hybridized carbons (Fsp3) is 0.333. The van der Waals surface area contributed by atoms with E-state index in [0.29, 0.717) is 17.7 Å². The Labute approximate surface area is 122 Å². The lowest BCUT2D eigenvalue weighted by Gasteiger charge is -2.11. The van der Waals surface area contributed by atoms with Gasteiger partial charge < -0.3 is 0 Å². The molecule has 0 unspecified atom stereocenters. The fourth-order valence-corrected chi connectivity index (χ4v) is 2.45. The van der Waals surface area contributed by atoms with Gasteiger partial charge in [0, 0.05) is 0 Å². The van der Waals surface area contributed by atoms with E-state index >= 15 is 0 Å². The van der Waals surface area contributed by atoms with E-state index in [1.54, 1.807) is 0 Å². The second kappa shape index (κ2) is 5.67. The summed E-state index contributed by atoms with van der Waals surface area (Å²) in [5, 5.41) is 0.142. The van der Waals surface area contributed by atoms with Crippen LogP contribution in [0, 0.1) is 13.8 Å². The van der Waals surface area contributed by atoms with Crippen LogP contribution in [0.15, 0.2) is 27.8 Å². The predicted molar refractivity (Wildman–Crippen MR) is 81.1 cm³/mol. The minimum Gasteiger partial charge on any atom is -0.297 e. The molecule has 1 aromatic carbocycles. The molecule has 1 heterocycles. The van der Waals surface area contributed by atoms with Crippen molar-refractivity contribution in [3.05, 3.63) is 60.9 Å². The molecule has 0 atom stereocenters. The van der Waals surface area contributed by atoms with Crippen LogP contribution in [0.3, 0.4) is 0 Å². The van der Waals surface area contributed by atoms with Gasteiger partial charge in [-0.05, 0) is 37.5 Å². The highest BCUT2D eigenvalue weighted by Crippen LogP contribution is 2.14. The number of nitrogens with zero attached hydrogens (tertiary/aromatic N) is 1. The molecule has 0 bridgehead atoms. The predicted octanol–water partition coefficient (Wildman–Crippen LogP) is 2.75. The van der Waals surface area contributed by atoms with Crippen molar-refractivity contribution in [3.8, 4) is 5.69 Å². The van der Waals surface area contributed by atoms with E-state index in [1.165, 1.54) is 4.57 Å². The van der Waals surface area contributed by atoms with Gasteiger partial charge in [0.15, 0.2) is 0 Å². The summed E-state index contributed by atoms with van der Waals surface area (Å²) in [7, 11) is 0. The normalized spacial score (nSPS) is 10.8. The van der Waals surface area contributed by atoms with E-state index in [-0.39, 0.29) is 10.7 Å². The number of benzene rings is 1. The Morgan fingerprint density at radius 2 is 1.95 bits per heavy atom. The molecule has 0 fully saturated rings. The molecule has 0 radical (unpaired) electrons. The van der Waals surface area contributed by atoms with Gasteiger partial charge in [0.25, 0.3) is 5.56 Å². The van der Waals surface area contributed by atoms with Crippen molar-refractivity contribution in [2.45, 2.75) is 33.6 Å². The van der Waals surface area contributed by atoms with Crippen molar-refractivity contribution < 1.29 is 0 Å². The summed E-state index contributed by atoms with van der Waals surface area (Å²) in [5.41, 5.74) is 2.07. The number of aryl methyl sites for hydroxylation is 2. The van der Waals surface area contributed by atoms with E-state index in [0.717, 1.165) is 17.5 Å². The number of halogens is 1. The zero-order valence-electron chi connectivity index (χ0n) is 11.8. The standard InChI is InChI=1S/C15H17ClN2O2/c1-4-5-11-13(16)17-15(20)18(14(11)19)12-8-9(2)6-7-10(12)3/h6-8H,4-5H2,1-3H3,(H,17,20). The molecule has 106 valence electrons. The number of hydrogen-bond acceptors (Lipinski definition) is 2. The Kier molecular flexibility index (Phi) is 4.14. The molecule has 5 heteroatoms. The van der Waals surface area contributed by atoms with Crippen LogP contribution in [0.2, 0.25) is 5.15 Å². The molecule has 4 nitrogen and oxygen atoms in total. The van der Waals surface area contributed by atoms with Crippen LogP contribution >= 0.6 is 11.6 Å². The molecule has 1 aromatic heterocycles. The lowest BCUT2D eigenvalue weighted by molar-refractivity contribution is 0.808. The Bertz CT molecular complexity index is 759. The molecule has 0 aliphatic rings. The molecule has 2 aromatic rings. The first-order valence-corrected chi connectivity index (χ1v) is 6.94. The summed E-state index contributed by atoms with van der Waals surface area (Å²) in [6.07, 6.45) is 1.33. The van der Waals surface area contributed by atoms with E-state index in [2.05, 4.69) is 4.98 Å². The fourth-order valence-electron chi connectivity index (χ4n) is 2.19. The largest absolute Gasteiger partial charge is 0.334 e. The van der Waals surface area contributed by atoms with E-state index < -0.39 is 5.69 Å². The molecular formula is C15H17ClN2O2. The molecule has 20 heavy (non-hydrogen) atoms. The Balaban J connectivity index is 2.81. The molecular weight excluding hydrogens is 276 g/mol. The quantitative estimate of drug-likeness (QED) is 0.885. The van der Waals surface area contributed by atoms with Gasteiger partial charge in [-0.15, -0.1) is 0 Å². The second-order valence-electron chi connectivity index (χ2n) is 4.90. The third-order valence-electron chi connectivity index (χ3n) is 3.25. The Morgan fingerprint density at radius 3 is 2.60 bits per heavy atom. The Hall–Kier alpha value is -1.81. The van der Waals surface area contributed by atoms with E-state index in [9.17, 15) is 9.59 Å². The summed E-state index contributed by atoms with van der Waals surface area (Å²) in [4.78, 5) is 27.2. The van der Waals surface area contributed by atoms with E-state index in [1.807, 2.05) is 39.0 Å². The second-order valence-corrected chi connectivity index (χ2v) is 5.28. The van der Waals surface area contributed by atoms with Gasteiger partial charge in [0.05, 0.1) is 11.3 Å². The van der Waals surface area contributed by atoms with Gasteiger partial charge in [-0.25, -0.2) is 9.36 Å². The van der Waals surface area contributed by atoms with Crippen LogP contribution in [0.25, 0.3) is 5.69 Å². The zero-order chi connectivity index (χ0) is 14.9. The van der Waals surface area contributed by atoms with Gasteiger partial charge in [0.2, 0.25) is 0 Å². The van der Waals surface area contributed by atoms with E-state index in [4.69, 9.17) is 11.6 Å². The van der Waals surface area contributed by atoms with Crippen LogP contribution in [0.1, 0.15) is 30.0 Å². The summed E-state index contributed by atoms with van der Waals surface area (Å²) in [6, 6.07) is 5.67. The molecule has 0 spiro atoms. The van der Waals surface area contributed by atoms with Gasteiger partial charge in [-0.2, -0.15) is 0 Å². The van der Waals surface area contributed by atoms with Crippen molar-refractivity contribution in [3.63, 3.8) is 0 Å². The third kappa shape index (κ3) is 2.56. The first kappa shape index (κ1) is 14.6. The minimum absolute atomic E-state index is 0.142. The van der Waals surface area contributed by atoms with Gasteiger partial charge in [-0.3, -0.25) is 9.78 Å². The number of rotatable bonds is 3. The first-order valence-electron chi connectivity index (χ1n) is 6.57. The van der Waals surface area contributed by atoms with Gasteiger partial charge in [0.1, 0.15) is 5.15 Å². The lowest BCUT2D eigenvalue weighted by Crippen LogP contribution is -2.36. The van der Waals surface area contributed by atoms with Crippen molar-refractivity contribution in [2.24, 2.45) is 0 Å². The number of aromatic amines is 1.